The van der Waals surface area contributed by atoms with Crippen LogP contribution in [0, 0.1) is 5.92 Å². The summed E-state index contributed by atoms with van der Waals surface area (Å²) in [5.41, 5.74) is 0.388. The molecule has 0 amide bonds. The predicted octanol–water partition coefficient (Wildman–Crippen LogP) is 0.542. The zero-order valence-corrected chi connectivity index (χ0v) is 16.6. The largest absolute Gasteiger partial charge is 0.490 e. The maximum absolute atomic E-state index is 12.2. The summed E-state index contributed by atoms with van der Waals surface area (Å²) in [5.74, 6) is -1.21. The lowest BCUT2D eigenvalue weighted by Crippen LogP contribution is -2.30. The lowest BCUT2D eigenvalue weighted by atomic mass is 10.3. The maximum Gasteiger partial charge on any atom is 0.490 e. The Labute approximate surface area is 165 Å². The molecule has 1 saturated carbocycles. The molecule has 2 N–H and O–H groups in total. The van der Waals surface area contributed by atoms with E-state index in [0.717, 1.165) is 37.5 Å². The van der Waals surface area contributed by atoms with Gasteiger partial charge in [0.2, 0.25) is 10.0 Å². The highest BCUT2D eigenvalue weighted by molar-refractivity contribution is 7.88. The third-order valence-electron chi connectivity index (χ3n) is 4.33. The van der Waals surface area contributed by atoms with E-state index in [-0.39, 0.29) is 12.1 Å². The van der Waals surface area contributed by atoms with Gasteiger partial charge in [0, 0.05) is 25.7 Å². The summed E-state index contributed by atoms with van der Waals surface area (Å²) in [5, 5.41) is 7.12. The molecular weight excluding hydrogens is 417 g/mol. The molecular formula is C16H23F3N4O5S. The first kappa shape index (κ1) is 23.3. The summed E-state index contributed by atoms with van der Waals surface area (Å²) in [4.78, 5) is 28.0. The molecule has 29 heavy (non-hydrogen) atoms. The summed E-state index contributed by atoms with van der Waals surface area (Å²) in [6, 6.07) is 1.43. The van der Waals surface area contributed by atoms with Crippen molar-refractivity contribution in [3.05, 3.63) is 27.9 Å². The number of alkyl halides is 3. The SMILES string of the molecule is CS(=O)(=O)NCc1cc(=O)n2c(n1)CN(CC1CC1)CCC2.O=C(O)C(F)(F)F. The van der Waals surface area contributed by atoms with Gasteiger partial charge in [-0.25, -0.2) is 22.9 Å². The van der Waals surface area contributed by atoms with Crippen LogP contribution in [0.2, 0.25) is 0 Å². The maximum atomic E-state index is 12.2. The summed E-state index contributed by atoms with van der Waals surface area (Å²) < 4.78 is 58.2. The van der Waals surface area contributed by atoms with Gasteiger partial charge in [0.25, 0.3) is 5.56 Å². The van der Waals surface area contributed by atoms with Gasteiger partial charge in [-0.3, -0.25) is 14.3 Å². The van der Waals surface area contributed by atoms with Crippen LogP contribution in [0.4, 0.5) is 13.2 Å². The van der Waals surface area contributed by atoms with Gasteiger partial charge >= 0.3 is 12.1 Å². The van der Waals surface area contributed by atoms with Crippen molar-refractivity contribution >= 4 is 16.0 Å². The first-order valence-electron chi connectivity index (χ1n) is 8.92. The van der Waals surface area contributed by atoms with E-state index in [9.17, 15) is 26.4 Å². The van der Waals surface area contributed by atoms with Gasteiger partial charge in [-0.05, 0) is 25.2 Å². The molecule has 3 rings (SSSR count). The highest BCUT2D eigenvalue weighted by atomic mass is 32.2. The number of carboxylic acids is 1. The average molecular weight is 440 g/mol. The van der Waals surface area contributed by atoms with Crippen LogP contribution in [0.5, 0.6) is 0 Å². The number of fused-ring (bicyclic) bond motifs is 1. The van der Waals surface area contributed by atoms with Crippen LogP contribution in [0.3, 0.4) is 0 Å². The van der Waals surface area contributed by atoms with Crippen molar-refractivity contribution in [1.82, 2.24) is 19.2 Å². The van der Waals surface area contributed by atoms with Crippen LogP contribution in [0.1, 0.15) is 30.8 Å². The van der Waals surface area contributed by atoms with Crippen molar-refractivity contribution in [3.8, 4) is 0 Å². The molecule has 1 fully saturated rings. The van der Waals surface area contributed by atoms with Gasteiger partial charge in [0.1, 0.15) is 5.82 Å². The second kappa shape index (κ2) is 9.22. The van der Waals surface area contributed by atoms with E-state index in [4.69, 9.17) is 9.90 Å². The zero-order chi connectivity index (χ0) is 21.8. The Morgan fingerprint density at radius 3 is 2.48 bits per heavy atom. The number of rotatable bonds is 5. The van der Waals surface area contributed by atoms with E-state index in [1.807, 2.05) is 0 Å². The Balaban J connectivity index is 0.000000370. The van der Waals surface area contributed by atoms with E-state index >= 15 is 0 Å². The Bertz CT molecular complexity index is 897. The normalized spacial score (nSPS) is 17.7. The van der Waals surface area contributed by atoms with Crippen molar-refractivity contribution in [2.75, 3.05) is 19.3 Å². The molecule has 1 aromatic heterocycles. The second-order valence-corrected chi connectivity index (χ2v) is 8.91. The Morgan fingerprint density at radius 2 is 1.97 bits per heavy atom. The third kappa shape index (κ3) is 8.11. The van der Waals surface area contributed by atoms with E-state index in [1.54, 1.807) is 4.57 Å². The van der Waals surface area contributed by atoms with Crippen LogP contribution < -0.4 is 10.3 Å². The molecule has 0 saturated heterocycles. The van der Waals surface area contributed by atoms with Crippen molar-refractivity contribution in [1.29, 1.82) is 0 Å². The van der Waals surface area contributed by atoms with Crippen molar-refractivity contribution in [2.45, 2.75) is 45.1 Å². The topological polar surface area (TPSA) is 122 Å². The monoisotopic (exact) mass is 440 g/mol. The van der Waals surface area contributed by atoms with Crippen molar-refractivity contribution < 1.29 is 31.5 Å². The molecule has 0 atom stereocenters. The van der Waals surface area contributed by atoms with E-state index < -0.39 is 22.2 Å². The minimum atomic E-state index is -5.08. The number of carbonyl (C=O) groups is 1. The Kier molecular flexibility index (Phi) is 7.40. The molecule has 1 aliphatic heterocycles. The Hall–Kier alpha value is -1.99. The zero-order valence-electron chi connectivity index (χ0n) is 15.8. The van der Waals surface area contributed by atoms with Crippen LogP contribution >= 0.6 is 0 Å². The minimum absolute atomic E-state index is 0.0601. The van der Waals surface area contributed by atoms with Crippen molar-refractivity contribution in [2.24, 2.45) is 5.92 Å². The molecule has 9 nitrogen and oxygen atoms in total. The van der Waals surface area contributed by atoms with Gasteiger partial charge in [0.05, 0.1) is 25.0 Å². The molecule has 0 aromatic carbocycles. The molecule has 0 bridgehead atoms. The molecule has 1 aromatic rings. The van der Waals surface area contributed by atoms with Gasteiger partial charge in [-0.15, -0.1) is 0 Å². The van der Waals surface area contributed by atoms with Gasteiger partial charge in [-0.2, -0.15) is 13.2 Å². The van der Waals surface area contributed by atoms with Crippen LogP contribution in [0.25, 0.3) is 0 Å². The summed E-state index contributed by atoms with van der Waals surface area (Å²) in [6.07, 6.45) is -0.437. The fraction of sp³-hybridized carbons (Fsp3) is 0.688. The molecule has 13 heteroatoms. The smallest absolute Gasteiger partial charge is 0.475 e. The summed E-state index contributed by atoms with van der Waals surface area (Å²) in [6.45, 7) is 3.46. The quantitative estimate of drug-likeness (QED) is 0.685. The molecule has 2 aliphatic rings. The Morgan fingerprint density at radius 1 is 1.34 bits per heavy atom. The second-order valence-electron chi connectivity index (χ2n) is 7.08. The van der Waals surface area contributed by atoms with Crippen LogP contribution in [0.15, 0.2) is 10.9 Å². The number of nitrogens with one attached hydrogen (secondary N) is 1. The standard InChI is InChI=1S/C14H22N4O3S.C2HF3O2/c1-22(20,21)15-8-12-7-14(19)18-6-2-5-17(9-11-3-4-11)10-13(18)16-12;3-2(4,5)1(6)7/h7,11,15H,2-6,8-10H2,1H3;(H,6,7). The fourth-order valence-corrected chi connectivity index (χ4v) is 3.22. The van der Waals surface area contributed by atoms with Crippen molar-refractivity contribution in [3.63, 3.8) is 0 Å². The molecule has 2 heterocycles. The molecule has 0 spiro atoms. The summed E-state index contributed by atoms with van der Waals surface area (Å²) >= 11 is 0. The first-order chi connectivity index (χ1) is 13.3. The van der Waals surface area contributed by atoms with E-state index in [1.165, 1.54) is 18.9 Å². The number of halogens is 3. The van der Waals surface area contributed by atoms with Crippen LogP contribution in [-0.4, -0.2) is 59.5 Å². The average Bonchev–Trinajstić information content (AvgIpc) is 3.39. The van der Waals surface area contributed by atoms with E-state index in [2.05, 4.69) is 14.6 Å². The number of nitrogens with zero attached hydrogens (tertiary/aromatic N) is 3. The summed E-state index contributed by atoms with van der Waals surface area (Å²) in [7, 11) is -3.29. The number of sulfonamides is 1. The number of aromatic nitrogens is 2. The highest BCUT2D eigenvalue weighted by Gasteiger charge is 2.38. The first-order valence-corrected chi connectivity index (χ1v) is 10.8. The number of hydrogen-bond acceptors (Lipinski definition) is 6. The highest BCUT2D eigenvalue weighted by Crippen LogP contribution is 2.30. The lowest BCUT2D eigenvalue weighted by Gasteiger charge is -2.19. The van der Waals surface area contributed by atoms with Gasteiger partial charge in [-0.1, -0.05) is 0 Å². The minimum Gasteiger partial charge on any atom is -0.475 e. The van der Waals surface area contributed by atoms with E-state index in [0.29, 0.717) is 18.8 Å². The van der Waals surface area contributed by atoms with Gasteiger partial charge in [0.15, 0.2) is 0 Å². The fourth-order valence-electron chi connectivity index (χ4n) is 2.81. The molecule has 0 radical (unpaired) electrons. The molecule has 0 unspecified atom stereocenters. The number of aliphatic carboxylic acids is 1. The number of hydrogen-bond donors (Lipinski definition) is 2. The van der Waals surface area contributed by atoms with Gasteiger partial charge < -0.3 is 5.11 Å². The molecule has 164 valence electrons. The van der Waals surface area contributed by atoms with Crippen LogP contribution in [-0.2, 0) is 34.5 Å². The third-order valence-corrected chi connectivity index (χ3v) is 5.00. The predicted molar refractivity (Wildman–Crippen MR) is 96.5 cm³/mol. The molecule has 1 aliphatic carbocycles. The number of carboxylic acid groups (broad SMARTS) is 1. The lowest BCUT2D eigenvalue weighted by molar-refractivity contribution is -0.192.